The van der Waals surface area contributed by atoms with E-state index < -0.39 is 57.7 Å². The van der Waals surface area contributed by atoms with E-state index in [9.17, 15) is 14.4 Å². The van der Waals surface area contributed by atoms with Crippen molar-refractivity contribution in [1.29, 1.82) is 0 Å². The van der Waals surface area contributed by atoms with Crippen LogP contribution < -0.4 is 0 Å². The number of carbonyl (C=O) groups excluding carboxylic acids is 3. The zero-order valence-corrected chi connectivity index (χ0v) is 34.9. The second-order valence-corrected chi connectivity index (χ2v) is 25.1. The number of carbonyl (C=O) groups is 3. The third-order valence-electron chi connectivity index (χ3n) is 11.2. The number of rotatable bonds is 18. The van der Waals surface area contributed by atoms with Gasteiger partial charge < -0.3 is 13.6 Å². The van der Waals surface area contributed by atoms with E-state index in [1.807, 2.05) is 81.4 Å². The summed E-state index contributed by atoms with van der Waals surface area (Å²) in [5.74, 6) is -1.96. The Labute approximate surface area is 299 Å². The molecule has 0 aromatic heterocycles. The normalized spacial score (nSPS) is 15.3. The highest BCUT2D eigenvalue weighted by Crippen LogP contribution is 2.41. The summed E-state index contributed by atoms with van der Waals surface area (Å²) in [6.45, 7) is 28.0. The summed E-state index contributed by atoms with van der Waals surface area (Å²) in [5.41, 5.74) is 1.72. The lowest BCUT2D eigenvalue weighted by atomic mass is 9.77. The van der Waals surface area contributed by atoms with Crippen LogP contribution in [0.2, 0.25) is 36.3 Å². The van der Waals surface area contributed by atoms with Crippen LogP contribution in [0.25, 0.3) is 0 Å². The summed E-state index contributed by atoms with van der Waals surface area (Å²) in [7, 11) is -4.49. The van der Waals surface area contributed by atoms with E-state index in [0.717, 1.165) is 29.3 Å². The minimum Gasteiger partial charge on any atom is -0.456 e. The first-order chi connectivity index (χ1) is 22.7. The zero-order chi connectivity index (χ0) is 37.4. The molecule has 49 heavy (non-hydrogen) atoms. The standard InChI is InChI=1S/C41H64O6Si2/c1-15-34(46-49(16-2,17-3)18-4)41(11,12)38(43)36(42)30(6)29(5)31(7)45-39(44)37(47-48(13,14)40(8,9)10)35(32-25-21-19-22-26-32)33-27-23-20-24-28-33/h19-28,31,34-35,37H,15-18H2,1-14H3/b30-29+/t31-,34-,37+/m0/s1. The van der Waals surface area contributed by atoms with Gasteiger partial charge >= 0.3 is 5.97 Å². The number of ether oxygens (including phenoxy) is 1. The molecule has 6 nitrogen and oxygen atoms in total. The highest BCUT2D eigenvalue weighted by molar-refractivity contribution is 6.74. The van der Waals surface area contributed by atoms with Crippen LogP contribution in [0.15, 0.2) is 71.8 Å². The van der Waals surface area contributed by atoms with Gasteiger partial charge in [0.15, 0.2) is 22.7 Å². The molecule has 0 spiro atoms. The quantitative estimate of drug-likeness (QED) is 0.0664. The molecule has 272 valence electrons. The van der Waals surface area contributed by atoms with Gasteiger partial charge in [-0.15, -0.1) is 0 Å². The van der Waals surface area contributed by atoms with Crippen molar-refractivity contribution in [1.82, 2.24) is 0 Å². The van der Waals surface area contributed by atoms with Crippen molar-refractivity contribution < 1.29 is 28.0 Å². The first-order valence-corrected chi connectivity index (χ1v) is 23.6. The van der Waals surface area contributed by atoms with Gasteiger partial charge in [-0.25, -0.2) is 4.79 Å². The molecule has 0 saturated carbocycles. The number of hydrogen-bond donors (Lipinski definition) is 0. The number of hydrogen-bond acceptors (Lipinski definition) is 6. The maximum atomic E-state index is 14.4. The van der Waals surface area contributed by atoms with Crippen LogP contribution in [0.4, 0.5) is 0 Å². The monoisotopic (exact) mass is 708 g/mol. The van der Waals surface area contributed by atoms with E-state index in [-0.39, 0.29) is 11.1 Å². The number of esters is 1. The molecule has 0 fully saturated rings. The minimum atomic E-state index is -2.47. The summed E-state index contributed by atoms with van der Waals surface area (Å²) in [6.07, 6.45) is -1.42. The van der Waals surface area contributed by atoms with Crippen molar-refractivity contribution in [2.75, 3.05) is 0 Å². The maximum absolute atomic E-state index is 14.4. The zero-order valence-electron chi connectivity index (χ0n) is 32.9. The lowest BCUT2D eigenvalue weighted by Crippen LogP contribution is -2.49. The SMILES string of the molecule is CC[C@H](O[Si](CC)(CC)CC)C(C)(C)C(=O)C(=O)/C(C)=C(\C)[C@H](C)OC(=O)[C@H](O[Si](C)(C)C(C)(C)C)C(c1ccccc1)c1ccccc1. The molecule has 0 aliphatic carbocycles. The minimum absolute atomic E-state index is 0.158. The smallest absolute Gasteiger partial charge is 0.335 e. The predicted molar refractivity (Wildman–Crippen MR) is 207 cm³/mol. The van der Waals surface area contributed by atoms with Gasteiger partial charge in [-0.2, -0.15) is 0 Å². The first-order valence-electron chi connectivity index (χ1n) is 18.2. The lowest BCUT2D eigenvalue weighted by Gasteiger charge is -2.41. The molecular weight excluding hydrogens is 645 g/mol. The maximum Gasteiger partial charge on any atom is 0.335 e. The Bertz CT molecular complexity index is 1370. The van der Waals surface area contributed by atoms with E-state index in [2.05, 4.69) is 54.6 Å². The van der Waals surface area contributed by atoms with Crippen molar-refractivity contribution in [3.63, 3.8) is 0 Å². The van der Waals surface area contributed by atoms with E-state index in [1.54, 1.807) is 20.8 Å². The number of ketones is 2. The van der Waals surface area contributed by atoms with Crippen molar-refractivity contribution in [2.45, 2.75) is 150 Å². The summed E-state index contributed by atoms with van der Waals surface area (Å²) in [4.78, 5) is 42.1. The third kappa shape index (κ3) is 10.2. The van der Waals surface area contributed by atoms with Crippen molar-refractivity contribution in [3.8, 4) is 0 Å². The summed E-state index contributed by atoms with van der Waals surface area (Å²) < 4.78 is 19.9. The molecule has 0 unspecified atom stereocenters. The van der Waals surface area contributed by atoms with Gasteiger partial charge in [0.1, 0.15) is 6.10 Å². The van der Waals surface area contributed by atoms with Gasteiger partial charge in [0.2, 0.25) is 11.6 Å². The fourth-order valence-electron chi connectivity index (χ4n) is 6.07. The van der Waals surface area contributed by atoms with Crippen LogP contribution in [-0.2, 0) is 28.0 Å². The Morgan fingerprint density at radius 3 is 1.57 bits per heavy atom. The Balaban J connectivity index is 2.49. The number of Topliss-reactive ketones (excluding diaryl/α,β-unsaturated/α-hetero) is 2. The molecular formula is C41H64O6Si2. The Hall–Kier alpha value is -2.66. The van der Waals surface area contributed by atoms with Gasteiger partial charge in [-0.3, -0.25) is 9.59 Å². The van der Waals surface area contributed by atoms with Gasteiger partial charge in [0, 0.05) is 11.5 Å². The second-order valence-electron chi connectivity index (χ2n) is 15.6. The van der Waals surface area contributed by atoms with Crippen LogP contribution in [-0.4, -0.2) is 52.5 Å². The molecule has 0 N–H and O–H groups in total. The Morgan fingerprint density at radius 1 is 0.735 bits per heavy atom. The molecule has 2 aromatic carbocycles. The molecule has 2 rings (SSSR count). The molecule has 3 atom stereocenters. The molecule has 2 aromatic rings. The van der Waals surface area contributed by atoms with Crippen LogP contribution in [0.1, 0.15) is 107 Å². The van der Waals surface area contributed by atoms with E-state index >= 15 is 0 Å². The van der Waals surface area contributed by atoms with Crippen molar-refractivity contribution >= 4 is 34.2 Å². The Morgan fingerprint density at radius 2 is 1.18 bits per heavy atom. The molecule has 0 aliphatic heterocycles. The average Bonchev–Trinajstić information content (AvgIpc) is 3.07. The fraction of sp³-hybridized carbons (Fsp3) is 0.585. The first kappa shape index (κ1) is 42.5. The third-order valence-corrected chi connectivity index (χ3v) is 20.3. The summed E-state index contributed by atoms with van der Waals surface area (Å²) in [5, 5.41) is -0.158. The summed E-state index contributed by atoms with van der Waals surface area (Å²) in [6, 6.07) is 22.7. The van der Waals surface area contributed by atoms with Crippen LogP contribution >= 0.6 is 0 Å². The lowest BCUT2D eigenvalue weighted by molar-refractivity contribution is -0.156. The Kier molecular flexibility index (Phi) is 15.2. The van der Waals surface area contributed by atoms with Gasteiger partial charge in [-0.1, -0.05) is 109 Å². The summed E-state index contributed by atoms with van der Waals surface area (Å²) >= 11 is 0. The van der Waals surface area contributed by atoms with Gasteiger partial charge in [-0.05, 0) is 94.0 Å². The molecule has 0 aliphatic rings. The van der Waals surface area contributed by atoms with Crippen molar-refractivity contribution in [2.24, 2.45) is 5.41 Å². The highest BCUT2D eigenvalue weighted by Gasteiger charge is 2.46. The van der Waals surface area contributed by atoms with Gasteiger partial charge in [0.25, 0.3) is 0 Å². The largest absolute Gasteiger partial charge is 0.456 e. The molecule has 0 amide bonds. The topological polar surface area (TPSA) is 78.9 Å². The van der Waals surface area contributed by atoms with Crippen LogP contribution in [0.3, 0.4) is 0 Å². The number of allylic oxidation sites excluding steroid dienone is 1. The van der Waals surface area contributed by atoms with E-state index in [4.69, 9.17) is 13.6 Å². The van der Waals surface area contributed by atoms with Crippen LogP contribution in [0, 0.1) is 5.41 Å². The average molecular weight is 709 g/mol. The highest BCUT2D eigenvalue weighted by atomic mass is 28.4. The second kappa shape index (κ2) is 17.5. The van der Waals surface area contributed by atoms with Gasteiger partial charge in [0.05, 0.1) is 11.5 Å². The molecule has 0 radical (unpaired) electrons. The van der Waals surface area contributed by atoms with Crippen molar-refractivity contribution in [3.05, 3.63) is 82.9 Å². The fourth-order valence-corrected chi connectivity index (χ4v) is 10.4. The van der Waals surface area contributed by atoms with E-state index in [0.29, 0.717) is 17.6 Å². The predicted octanol–water partition coefficient (Wildman–Crippen LogP) is 10.4. The molecule has 0 bridgehead atoms. The molecule has 8 heteroatoms. The number of benzene rings is 2. The molecule has 0 heterocycles. The van der Waals surface area contributed by atoms with E-state index in [1.165, 1.54) is 0 Å². The van der Waals surface area contributed by atoms with Crippen LogP contribution in [0.5, 0.6) is 0 Å². The molecule has 0 saturated heterocycles.